The van der Waals surface area contributed by atoms with Crippen molar-refractivity contribution in [2.75, 3.05) is 19.8 Å². The van der Waals surface area contributed by atoms with Gasteiger partial charge in [0.1, 0.15) is 0 Å². The smallest absolute Gasteiger partial charge is 0.0484 e. The van der Waals surface area contributed by atoms with E-state index in [4.69, 9.17) is 0 Å². The molecule has 1 aliphatic rings. The van der Waals surface area contributed by atoms with Gasteiger partial charge < -0.3 is 5.32 Å². The molecule has 2 nitrogen and oxygen atoms in total. The molecular weight excluding hydrogens is 100 g/mol. The molecule has 1 aliphatic heterocycles. The van der Waals surface area contributed by atoms with Crippen LogP contribution in [0.25, 0.3) is 0 Å². The predicted octanol–water partition coefficient (Wildman–Crippen LogP) is 0.258. The molecular formula is C6H14N2. The van der Waals surface area contributed by atoms with E-state index >= 15 is 0 Å². The third kappa shape index (κ3) is 1.01. The van der Waals surface area contributed by atoms with Crippen LogP contribution in [0.3, 0.4) is 0 Å². The molecule has 0 saturated carbocycles. The molecule has 1 fully saturated rings. The van der Waals surface area contributed by atoms with Crippen molar-refractivity contribution >= 4 is 0 Å². The van der Waals surface area contributed by atoms with Crippen molar-refractivity contribution in [2.24, 2.45) is 0 Å². The van der Waals surface area contributed by atoms with Crippen LogP contribution in [0.1, 0.15) is 13.8 Å². The van der Waals surface area contributed by atoms with Gasteiger partial charge in [-0.25, -0.2) is 0 Å². The molecule has 0 radical (unpaired) electrons. The molecule has 1 saturated heterocycles. The van der Waals surface area contributed by atoms with E-state index in [0.717, 1.165) is 19.3 Å². The van der Waals surface area contributed by atoms with Crippen LogP contribution in [-0.4, -0.2) is 30.7 Å². The minimum absolute atomic E-state index is 0.750. The number of likely N-dealkylation sites (N-methyl/N-ethyl adjacent to an activating group) is 1. The van der Waals surface area contributed by atoms with Gasteiger partial charge in [-0.2, -0.15) is 0 Å². The lowest BCUT2D eigenvalue weighted by Gasteiger charge is -2.15. The summed E-state index contributed by atoms with van der Waals surface area (Å²) in [5.41, 5.74) is 0. The summed E-state index contributed by atoms with van der Waals surface area (Å²) in [4.78, 5) is 2.42. The van der Waals surface area contributed by atoms with Gasteiger partial charge in [0.05, 0.1) is 0 Å². The lowest BCUT2D eigenvalue weighted by atomic mass is 10.3. The molecule has 2 heteroatoms. The third-order valence-electron chi connectivity index (χ3n) is 1.78. The second-order valence-corrected chi connectivity index (χ2v) is 2.37. The molecule has 0 amide bonds. The predicted molar refractivity (Wildman–Crippen MR) is 34.7 cm³/mol. The molecule has 0 aromatic rings. The van der Waals surface area contributed by atoms with E-state index in [-0.39, 0.29) is 0 Å². The molecule has 1 N–H and O–H groups in total. The molecule has 0 bridgehead atoms. The molecule has 1 rings (SSSR count). The van der Waals surface area contributed by atoms with E-state index in [1.54, 1.807) is 0 Å². The molecule has 1 heterocycles. The average Bonchev–Trinajstić information content (AvgIpc) is 2.14. The standard InChI is InChI=1S/C6H14N2/c1-3-8-5-7-4-6(8)2/h6-7H,3-5H2,1-2H3. The summed E-state index contributed by atoms with van der Waals surface area (Å²) in [5, 5.41) is 3.30. The van der Waals surface area contributed by atoms with Gasteiger partial charge in [0, 0.05) is 19.3 Å². The SMILES string of the molecule is CCN1CNCC1C. The molecule has 0 aromatic heterocycles. The Bertz CT molecular complexity index is 72.9. The number of hydrogen-bond acceptors (Lipinski definition) is 2. The molecule has 48 valence electrons. The second-order valence-electron chi connectivity index (χ2n) is 2.37. The van der Waals surface area contributed by atoms with Crippen molar-refractivity contribution in [1.29, 1.82) is 0 Å². The van der Waals surface area contributed by atoms with Crippen LogP contribution in [0.4, 0.5) is 0 Å². The quantitative estimate of drug-likeness (QED) is 0.526. The van der Waals surface area contributed by atoms with Crippen molar-refractivity contribution in [3.8, 4) is 0 Å². The monoisotopic (exact) mass is 114 g/mol. The fourth-order valence-corrected chi connectivity index (χ4v) is 1.13. The van der Waals surface area contributed by atoms with Gasteiger partial charge in [-0.1, -0.05) is 6.92 Å². The number of rotatable bonds is 1. The van der Waals surface area contributed by atoms with E-state index in [9.17, 15) is 0 Å². The Morgan fingerprint density at radius 2 is 2.50 bits per heavy atom. The Balaban J connectivity index is 2.30. The summed E-state index contributed by atoms with van der Waals surface area (Å²) in [6.07, 6.45) is 0. The minimum Gasteiger partial charge on any atom is -0.303 e. The van der Waals surface area contributed by atoms with Gasteiger partial charge in [-0.15, -0.1) is 0 Å². The Morgan fingerprint density at radius 1 is 1.75 bits per heavy atom. The molecule has 8 heavy (non-hydrogen) atoms. The van der Waals surface area contributed by atoms with Gasteiger partial charge >= 0.3 is 0 Å². The van der Waals surface area contributed by atoms with Crippen LogP contribution < -0.4 is 5.32 Å². The normalized spacial score (nSPS) is 31.5. The van der Waals surface area contributed by atoms with Crippen LogP contribution in [0.15, 0.2) is 0 Å². The summed E-state index contributed by atoms with van der Waals surface area (Å²) < 4.78 is 0. The van der Waals surface area contributed by atoms with Gasteiger partial charge in [0.25, 0.3) is 0 Å². The van der Waals surface area contributed by atoms with Crippen molar-refractivity contribution in [2.45, 2.75) is 19.9 Å². The van der Waals surface area contributed by atoms with Crippen LogP contribution in [-0.2, 0) is 0 Å². The zero-order chi connectivity index (χ0) is 5.98. The highest BCUT2D eigenvalue weighted by Gasteiger charge is 2.16. The Hall–Kier alpha value is -0.0800. The maximum absolute atomic E-state index is 3.30. The van der Waals surface area contributed by atoms with E-state index in [2.05, 4.69) is 24.1 Å². The van der Waals surface area contributed by atoms with Crippen molar-refractivity contribution in [3.63, 3.8) is 0 Å². The number of hydrogen-bond donors (Lipinski definition) is 1. The zero-order valence-corrected chi connectivity index (χ0v) is 5.65. The fourth-order valence-electron chi connectivity index (χ4n) is 1.13. The van der Waals surface area contributed by atoms with Gasteiger partial charge in [-0.05, 0) is 13.5 Å². The summed E-state index contributed by atoms with van der Waals surface area (Å²) in [6.45, 7) is 7.87. The van der Waals surface area contributed by atoms with E-state index in [1.165, 1.54) is 6.54 Å². The van der Waals surface area contributed by atoms with Crippen LogP contribution in [0, 0.1) is 0 Å². The first-order chi connectivity index (χ1) is 3.84. The van der Waals surface area contributed by atoms with Gasteiger partial charge in [-0.3, -0.25) is 4.90 Å². The summed E-state index contributed by atoms with van der Waals surface area (Å²) in [6, 6.07) is 0.750. The van der Waals surface area contributed by atoms with Gasteiger partial charge in [0.2, 0.25) is 0 Å². The first-order valence-corrected chi connectivity index (χ1v) is 3.29. The maximum atomic E-state index is 3.30. The summed E-state index contributed by atoms with van der Waals surface area (Å²) in [5.74, 6) is 0. The summed E-state index contributed by atoms with van der Waals surface area (Å²) in [7, 11) is 0. The highest BCUT2D eigenvalue weighted by atomic mass is 15.3. The van der Waals surface area contributed by atoms with Crippen LogP contribution >= 0.6 is 0 Å². The zero-order valence-electron chi connectivity index (χ0n) is 5.65. The fraction of sp³-hybridized carbons (Fsp3) is 1.00. The molecule has 0 aliphatic carbocycles. The largest absolute Gasteiger partial charge is 0.303 e. The van der Waals surface area contributed by atoms with E-state index in [1.807, 2.05) is 0 Å². The Kier molecular flexibility index (Phi) is 1.86. The average molecular weight is 114 g/mol. The maximum Gasteiger partial charge on any atom is 0.0484 e. The third-order valence-corrected chi connectivity index (χ3v) is 1.78. The first-order valence-electron chi connectivity index (χ1n) is 3.29. The Morgan fingerprint density at radius 3 is 2.75 bits per heavy atom. The lowest BCUT2D eigenvalue weighted by Crippen LogP contribution is -2.27. The molecule has 0 aromatic carbocycles. The summed E-state index contributed by atoms with van der Waals surface area (Å²) >= 11 is 0. The lowest BCUT2D eigenvalue weighted by molar-refractivity contribution is 0.286. The second kappa shape index (κ2) is 2.46. The van der Waals surface area contributed by atoms with Crippen LogP contribution in [0.5, 0.6) is 0 Å². The minimum atomic E-state index is 0.750. The molecule has 1 unspecified atom stereocenters. The van der Waals surface area contributed by atoms with Gasteiger partial charge in [0.15, 0.2) is 0 Å². The number of nitrogens with zero attached hydrogens (tertiary/aromatic N) is 1. The topological polar surface area (TPSA) is 15.3 Å². The van der Waals surface area contributed by atoms with Crippen molar-refractivity contribution in [1.82, 2.24) is 10.2 Å². The first kappa shape index (κ1) is 6.05. The van der Waals surface area contributed by atoms with E-state index < -0.39 is 0 Å². The molecule has 0 spiro atoms. The van der Waals surface area contributed by atoms with E-state index in [0.29, 0.717) is 0 Å². The highest BCUT2D eigenvalue weighted by Crippen LogP contribution is 2.00. The van der Waals surface area contributed by atoms with Crippen molar-refractivity contribution < 1.29 is 0 Å². The highest BCUT2D eigenvalue weighted by molar-refractivity contribution is 4.73. The van der Waals surface area contributed by atoms with Crippen molar-refractivity contribution in [3.05, 3.63) is 0 Å². The van der Waals surface area contributed by atoms with Crippen LogP contribution in [0.2, 0.25) is 0 Å². The number of nitrogens with one attached hydrogen (secondary N) is 1. The molecule has 1 atom stereocenters. The Labute approximate surface area is 50.9 Å².